The minimum Gasteiger partial charge on any atom is -0.339 e. The number of aromatic nitrogens is 2. The van der Waals surface area contributed by atoms with E-state index in [1.54, 1.807) is 11.9 Å². The fraction of sp³-hybridized carbons (Fsp3) is 0.583. The molecule has 0 bridgehead atoms. The number of hydrogen-bond acceptors (Lipinski definition) is 3. The topological polar surface area (TPSA) is 46.1 Å². The molecule has 0 fully saturated rings. The van der Waals surface area contributed by atoms with Crippen LogP contribution in [0.15, 0.2) is 6.07 Å². The highest BCUT2D eigenvalue weighted by Gasteiger charge is 2.21. The van der Waals surface area contributed by atoms with Crippen LogP contribution in [-0.2, 0) is 0 Å². The van der Waals surface area contributed by atoms with E-state index in [9.17, 15) is 4.79 Å². The molecule has 1 rings (SSSR count). The second kappa shape index (κ2) is 6.34. The zero-order valence-electron chi connectivity index (χ0n) is 10.9. The highest BCUT2D eigenvalue weighted by Crippen LogP contribution is 2.19. The van der Waals surface area contributed by atoms with Crippen LogP contribution in [0, 0.1) is 5.92 Å². The van der Waals surface area contributed by atoms with Crippen LogP contribution < -0.4 is 0 Å². The number of hydrogen-bond donors (Lipinski definition) is 0. The number of halogens is 2. The molecular weight excluding hydrogens is 273 g/mol. The Kier molecular flexibility index (Phi) is 5.35. The third-order valence-corrected chi connectivity index (χ3v) is 3.21. The lowest BCUT2D eigenvalue weighted by atomic mass is 10.0. The van der Waals surface area contributed by atoms with Crippen molar-refractivity contribution in [2.24, 2.45) is 5.92 Å². The first-order valence-corrected chi connectivity index (χ1v) is 6.54. The van der Waals surface area contributed by atoms with E-state index in [4.69, 9.17) is 23.2 Å². The Morgan fingerprint density at radius 1 is 1.33 bits per heavy atom. The van der Waals surface area contributed by atoms with Gasteiger partial charge in [0.2, 0.25) is 0 Å². The lowest BCUT2D eigenvalue weighted by Gasteiger charge is -2.26. The maximum atomic E-state index is 12.3. The van der Waals surface area contributed by atoms with Crippen molar-refractivity contribution in [3.63, 3.8) is 0 Å². The Balaban J connectivity index is 2.89. The average molecular weight is 290 g/mol. The zero-order chi connectivity index (χ0) is 13.9. The summed E-state index contributed by atoms with van der Waals surface area (Å²) in [6.07, 6.45) is 0.923. The summed E-state index contributed by atoms with van der Waals surface area (Å²) in [5.74, 6) is 0.329. The highest BCUT2D eigenvalue weighted by molar-refractivity contribution is 6.34. The molecule has 18 heavy (non-hydrogen) atoms. The molecule has 0 saturated carbocycles. The van der Waals surface area contributed by atoms with Gasteiger partial charge in [0.05, 0.1) is 5.56 Å². The normalized spacial score (nSPS) is 12.6. The van der Waals surface area contributed by atoms with Gasteiger partial charge in [-0.3, -0.25) is 4.79 Å². The molecule has 4 nitrogen and oxygen atoms in total. The van der Waals surface area contributed by atoms with E-state index in [0.717, 1.165) is 6.42 Å². The molecule has 1 aromatic rings. The molecule has 0 aliphatic heterocycles. The van der Waals surface area contributed by atoms with E-state index >= 15 is 0 Å². The van der Waals surface area contributed by atoms with Crippen LogP contribution in [0.25, 0.3) is 0 Å². The first kappa shape index (κ1) is 15.2. The van der Waals surface area contributed by atoms with Crippen molar-refractivity contribution in [3.05, 3.63) is 21.9 Å². The van der Waals surface area contributed by atoms with Gasteiger partial charge in [0.15, 0.2) is 10.3 Å². The number of nitrogens with zero attached hydrogens (tertiary/aromatic N) is 3. The summed E-state index contributed by atoms with van der Waals surface area (Å²) in [5, 5.41) is 7.46. The van der Waals surface area contributed by atoms with E-state index in [1.165, 1.54) is 6.07 Å². The van der Waals surface area contributed by atoms with Crippen LogP contribution in [0.2, 0.25) is 10.3 Å². The summed E-state index contributed by atoms with van der Waals surface area (Å²) in [4.78, 5) is 13.9. The van der Waals surface area contributed by atoms with Gasteiger partial charge in [-0.1, -0.05) is 37.0 Å². The predicted octanol–water partition coefficient (Wildman–Crippen LogP) is 3.29. The van der Waals surface area contributed by atoms with Crippen molar-refractivity contribution in [2.45, 2.75) is 33.2 Å². The van der Waals surface area contributed by atoms with Gasteiger partial charge < -0.3 is 4.90 Å². The van der Waals surface area contributed by atoms with Gasteiger partial charge in [-0.05, 0) is 25.3 Å². The fourth-order valence-electron chi connectivity index (χ4n) is 1.73. The van der Waals surface area contributed by atoms with E-state index in [0.29, 0.717) is 5.92 Å². The van der Waals surface area contributed by atoms with E-state index < -0.39 is 0 Å². The smallest absolute Gasteiger partial charge is 0.257 e. The fourth-order valence-corrected chi connectivity index (χ4v) is 2.05. The maximum absolute atomic E-state index is 12.3. The molecule has 0 radical (unpaired) electrons. The molecule has 1 unspecified atom stereocenters. The molecular formula is C12H17Cl2N3O. The number of carbonyl (C=O) groups is 1. The lowest BCUT2D eigenvalue weighted by Crippen LogP contribution is -2.36. The van der Waals surface area contributed by atoms with Gasteiger partial charge in [-0.2, -0.15) is 0 Å². The Hall–Kier alpha value is -0.870. The number of rotatable bonds is 4. The van der Waals surface area contributed by atoms with Gasteiger partial charge in [0, 0.05) is 13.1 Å². The molecule has 100 valence electrons. The molecule has 1 atom stereocenters. The van der Waals surface area contributed by atoms with Gasteiger partial charge in [-0.25, -0.2) is 0 Å². The largest absolute Gasteiger partial charge is 0.339 e. The summed E-state index contributed by atoms with van der Waals surface area (Å²) >= 11 is 11.6. The van der Waals surface area contributed by atoms with E-state index in [-0.39, 0.29) is 27.8 Å². The van der Waals surface area contributed by atoms with Gasteiger partial charge in [-0.15, -0.1) is 10.2 Å². The van der Waals surface area contributed by atoms with Crippen LogP contribution >= 0.6 is 23.2 Å². The Labute approximate surface area is 117 Å². The van der Waals surface area contributed by atoms with Crippen LogP contribution in [0.4, 0.5) is 0 Å². The highest BCUT2D eigenvalue weighted by atomic mass is 35.5. The molecule has 1 aromatic heterocycles. The quantitative estimate of drug-likeness (QED) is 0.854. The second-order valence-electron chi connectivity index (χ2n) is 4.77. The van der Waals surface area contributed by atoms with Crippen molar-refractivity contribution in [1.29, 1.82) is 0 Å². The summed E-state index contributed by atoms with van der Waals surface area (Å²) < 4.78 is 0. The predicted molar refractivity (Wildman–Crippen MR) is 73.1 cm³/mol. The van der Waals surface area contributed by atoms with Crippen molar-refractivity contribution in [2.75, 3.05) is 7.05 Å². The zero-order valence-corrected chi connectivity index (χ0v) is 12.5. The Bertz CT molecular complexity index is 437. The van der Waals surface area contributed by atoms with Gasteiger partial charge in [0.25, 0.3) is 5.91 Å². The first-order valence-electron chi connectivity index (χ1n) is 5.78. The van der Waals surface area contributed by atoms with Crippen LogP contribution in [0.3, 0.4) is 0 Å². The number of amides is 1. The molecule has 1 heterocycles. The molecule has 0 spiro atoms. The van der Waals surface area contributed by atoms with Gasteiger partial charge in [0.1, 0.15) is 0 Å². The standard InChI is InChI=1S/C12H17Cl2N3O/c1-7(2)5-8(3)17(4)12(18)9-6-10(13)15-16-11(9)14/h6-8H,5H2,1-4H3. The third kappa shape index (κ3) is 3.82. The summed E-state index contributed by atoms with van der Waals surface area (Å²) in [7, 11) is 1.75. The molecule has 1 amide bonds. The van der Waals surface area contributed by atoms with Crippen LogP contribution in [0.1, 0.15) is 37.6 Å². The molecule has 0 aliphatic carbocycles. The van der Waals surface area contributed by atoms with Gasteiger partial charge >= 0.3 is 0 Å². The summed E-state index contributed by atoms with van der Waals surface area (Å²) in [6.45, 7) is 6.24. The Morgan fingerprint density at radius 3 is 2.50 bits per heavy atom. The monoisotopic (exact) mass is 289 g/mol. The lowest BCUT2D eigenvalue weighted by molar-refractivity contribution is 0.0727. The minimum atomic E-state index is -0.190. The first-order chi connectivity index (χ1) is 8.32. The summed E-state index contributed by atoms with van der Waals surface area (Å²) in [5.41, 5.74) is 0.287. The molecule has 0 aromatic carbocycles. The molecule has 6 heteroatoms. The average Bonchev–Trinajstić information content (AvgIpc) is 2.29. The number of carbonyl (C=O) groups excluding carboxylic acids is 1. The Morgan fingerprint density at radius 2 is 1.94 bits per heavy atom. The van der Waals surface area contributed by atoms with Crippen LogP contribution in [-0.4, -0.2) is 34.1 Å². The van der Waals surface area contributed by atoms with Crippen molar-refractivity contribution >= 4 is 29.1 Å². The van der Waals surface area contributed by atoms with E-state index in [2.05, 4.69) is 24.0 Å². The van der Waals surface area contributed by atoms with Crippen LogP contribution in [0.5, 0.6) is 0 Å². The minimum absolute atomic E-state index is 0.0768. The summed E-state index contributed by atoms with van der Waals surface area (Å²) in [6, 6.07) is 1.57. The van der Waals surface area contributed by atoms with Crippen molar-refractivity contribution < 1.29 is 4.79 Å². The molecule has 0 aliphatic rings. The molecule has 0 saturated heterocycles. The SMILES string of the molecule is CC(C)CC(C)N(C)C(=O)c1cc(Cl)nnc1Cl. The molecule has 0 N–H and O–H groups in total. The van der Waals surface area contributed by atoms with Crippen molar-refractivity contribution in [3.8, 4) is 0 Å². The van der Waals surface area contributed by atoms with Crippen molar-refractivity contribution in [1.82, 2.24) is 15.1 Å². The third-order valence-electron chi connectivity index (χ3n) is 2.74. The second-order valence-corrected chi connectivity index (χ2v) is 5.51. The maximum Gasteiger partial charge on any atom is 0.257 e. The van der Waals surface area contributed by atoms with E-state index in [1.807, 2.05) is 6.92 Å².